The minimum absolute atomic E-state index is 0.104. The van der Waals surface area contributed by atoms with E-state index in [4.69, 9.17) is 0 Å². The topological polar surface area (TPSA) is 62.0 Å². The number of anilines is 1. The van der Waals surface area contributed by atoms with Crippen molar-refractivity contribution in [2.24, 2.45) is 0 Å². The number of carbonyl (C=O) groups excluding carboxylic acids is 1. The maximum atomic E-state index is 11.8. The molecule has 0 atom stereocenters. The van der Waals surface area contributed by atoms with Crippen LogP contribution >= 0.6 is 0 Å². The molecule has 1 aromatic rings. The molecule has 2 N–H and O–H groups in total. The van der Waals surface area contributed by atoms with Crippen LogP contribution in [0.1, 0.15) is 44.0 Å². The lowest BCUT2D eigenvalue weighted by Gasteiger charge is -2.12. The molecule has 0 spiro atoms. The second-order valence-corrected chi connectivity index (χ2v) is 4.07. The Balaban J connectivity index is 3.13. The van der Waals surface area contributed by atoms with Gasteiger partial charge in [-0.15, -0.1) is 0 Å². The van der Waals surface area contributed by atoms with Crippen molar-refractivity contribution < 1.29 is 4.79 Å². The van der Waals surface area contributed by atoms with E-state index in [9.17, 15) is 9.59 Å². The highest BCUT2D eigenvalue weighted by molar-refractivity contribution is 6.00. The number of nitrogens with one attached hydrogen (secondary N) is 2. The lowest BCUT2D eigenvalue weighted by atomic mass is 10.1. The van der Waals surface area contributed by atoms with E-state index in [0.717, 1.165) is 6.42 Å². The van der Waals surface area contributed by atoms with Gasteiger partial charge < -0.3 is 10.3 Å². The molecule has 4 nitrogen and oxygen atoms in total. The first-order valence-corrected chi connectivity index (χ1v) is 5.57. The lowest BCUT2D eigenvalue weighted by molar-refractivity contribution is 0.0981. The van der Waals surface area contributed by atoms with Gasteiger partial charge in [-0.2, -0.15) is 0 Å². The molecule has 0 bridgehead atoms. The van der Waals surface area contributed by atoms with Crippen LogP contribution in [0.5, 0.6) is 0 Å². The first-order chi connectivity index (χ1) is 7.56. The summed E-state index contributed by atoms with van der Waals surface area (Å²) in [7, 11) is 0. The number of aromatic amines is 1. The molecule has 1 aromatic heterocycles. The van der Waals surface area contributed by atoms with Gasteiger partial charge in [0.1, 0.15) is 5.56 Å². The van der Waals surface area contributed by atoms with Crippen molar-refractivity contribution in [1.82, 2.24) is 4.98 Å². The van der Waals surface area contributed by atoms with E-state index in [0.29, 0.717) is 12.1 Å². The SMILES string of the molecule is CCCC(=O)c1c(NC(C)C)cc[nH]c1=O. The third-order valence-electron chi connectivity index (χ3n) is 2.16. The average Bonchev–Trinajstić information content (AvgIpc) is 2.16. The quantitative estimate of drug-likeness (QED) is 0.750. The van der Waals surface area contributed by atoms with Crippen molar-refractivity contribution in [3.05, 3.63) is 28.2 Å². The summed E-state index contributed by atoms with van der Waals surface area (Å²) in [6, 6.07) is 1.92. The predicted octanol–water partition coefficient (Wildman–Crippen LogP) is 2.18. The molecule has 4 heteroatoms. The smallest absolute Gasteiger partial charge is 0.260 e. The van der Waals surface area contributed by atoms with Crippen molar-refractivity contribution >= 4 is 11.5 Å². The van der Waals surface area contributed by atoms with Crippen LogP contribution in [0.15, 0.2) is 17.1 Å². The standard InChI is InChI=1S/C12H18N2O2/c1-4-5-10(15)11-9(14-8(2)3)6-7-13-12(11)16/h6-8H,4-5H2,1-3H3,(H2,13,14,16). The zero-order valence-electron chi connectivity index (χ0n) is 9.96. The molecule has 0 amide bonds. The Kier molecular flexibility index (Phi) is 4.28. The van der Waals surface area contributed by atoms with Gasteiger partial charge in [0.2, 0.25) is 0 Å². The van der Waals surface area contributed by atoms with Gasteiger partial charge in [-0.05, 0) is 26.3 Å². The van der Waals surface area contributed by atoms with Crippen LogP contribution in [-0.4, -0.2) is 16.8 Å². The van der Waals surface area contributed by atoms with E-state index in [1.165, 1.54) is 0 Å². The molecule has 0 aliphatic rings. The Labute approximate surface area is 95.1 Å². The fourth-order valence-corrected chi connectivity index (χ4v) is 1.54. The molecule has 0 aliphatic heterocycles. The zero-order chi connectivity index (χ0) is 12.1. The number of hydrogen-bond acceptors (Lipinski definition) is 3. The van der Waals surface area contributed by atoms with Gasteiger partial charge in [0.15, 0.2) is 5.78 Å². The fraction of sp³-hybridized carbons (Fsp3) is 0.500. The van der Waals surface area contributed by atoms with Gasteiger partial charge in [-0.1, -0.05) is 6.92 Å². The summed E-state index contributed by atoms with van der Waals surface area (Å²) in [6.07, 6.45) is 2.70. The van der Waals surface area contributed by atoms with Gasteiger partial charge in [0, 0.05) is 18.7 Å². The Bertz CT molecular complexity index is 421. The van der Waals surface area contributed by atoms with E-state index < -0.39 is 0 Å². The summed E-state index contributed by atoms with van der Waals surface area (Å²) < 4.78 is 0. The fourth-order valence-electron chi connectivity index (χ4n) is 1.54. The molecule has 0 radical (unpaired) electrons. The van der Waals surface area contributed by atoms with Crippen molar-refractivity contribution in [3.63, 3.8) is 0 Å². The van der Waals surface area contributed by atoms with Gasteiger partial charge >= 0.3 is 0 Å². The van der Waals surface area contributed by atoms with Crippen LogP contribution in [0.3, 0.4) is 0 Å². The predicted molar refractivity (Wildman–Crippen MR) is 65.1 cm³/mol. The second kappa shape index (κ2) is 5.49. The molecule has 0 aliphatic carbocycles. The van der Waals surface area contributed by atoms with Crippen molar-refractivity contribution in [1.29, 1.82) is 0 Å². The molecule has 0 saturated carbocycles. The summed E-state index contributed by atoms with van der Waals surface area (Å²) in [5.74, 6) is -0.104. The van der Waals surface area contributed by atoms with Crippen molar-refractivity contribution in [3.8, 4) is 0 Å². The Morgan fingerprint density at radius 1 is 1.50 bits per heavy atom. The van der Waals surface area contributed by atoms with Gasteiger partial charge in [-0.3, -0.25) is 9.59 Å². The Morgan fingerprint density at radius 2 is 2.19 bits per heavy atom. The first-order valence-electron chi connectivity index (χ1n) is 5.57. The minimum atomic E-state index is -0.316. The van der Waals surface area contributed by atoms with E-state index in [1.807, 2.05) is 20.8 Å². The highest BCUT2D eigenvalue weighted by Crippen LogP contribution is 2.14. The monoisotopic (exact) mass is 222 g/mol. The van der Waals surface area contributed by atoms with E-state index >= 15 is 0 Å². The number of rotatable bonds is 5. The number of Topliss-reactive ketones (excluding diaryl/α,β-unsaturated/α-hetero) is 1. The number of hydrogen-bond donors (Lipinski definition) is 2. The van der Waals surface area contributed by atoms with E-state index in [-0.39, 0.29) is 22.9 Å². The summed E-state index contributed by atoms with van der Waals surface area (Å²) in [5, 5.41) is 3.11. The lowest BCUT2D eigenvalue weighted by Crippen LogP contribution is -2.22. The summed E-state index contributed by atoms with van der Waals surface area (Å²) >= 11 is 0. The van der Waals surface area contributed by atoms with Gasteiger partial charge in [0.25, 0.3) is 5.56 Å². The molecule has 88 valence electrons. The average molecular weight is 222 g/mol. The molecule has 1 heterocycles. The van der Waals surface area contributed by atoms with Crippen LogP contribution in [0.2, 0.25) is 0 Å². The van der Waals surface area contributed by atoms with Crippen molar-refractivity contribution in [2.75, 3.05) is 5.32 Å². The highest BCUT2D eigenvalue weighted by Gasteiger charge is 2.15. The zero-order valence-corrected chi connectivity index (χ0v) is 9.96. The third kappa shape index (κ3) is 2.95. The number of aromatic nitrogens is 1. The molecule has 1 rings (SSSR count). The van der Waals surface area contributed by atoms with Crippen LogP contribution in [-0.2, 0) is 0 Å². The van der Waals surface area contributed by atoms with Crippen LogP contribution in [0, 0.1) is 0 Å². The van der Waals surface area contributed by atoms with Crippen molar-refractivity contribution in [2.45, 2.75) is 39.7 Å². The summed E-state index contributed by atoms with van der Waals surface area (Å²) in [4.78, 5) is 26.0. The highest BCUT2D eigenvalue weighted by atomic mass is 16.1. The number of H-pyrrole nitrogens is 1. The maximum Gasteiger partial charge on any atom is 0.260 e. The van der Waals surface area contributed by atoms with Crippen LogP contribution in [0.4, 0.5) is 5.69 Å². The van der Waals surface area contributed by atoms with E-state index in [1.54, 1.807) is 12.3 Å². The maximum absolute atomic E-state index is 11.8. The van der Waals surface area contributed by atoms with E-state index in [2.05, 4.69) is 10.3 Å². The molecule has 0 fully saturated rings. The Hall–Kier alpha value is -1.58. The van der Waals surface area contributed by atoms with Gasteiger partial charge in [0.05, 0.1) is 5.69 Å². The Morgan fingerprint density at radius 3 is 2.75 bits per heavy atom. The number of carbonyl (C=O) groups is 1. The largest absolute Gasteiger partial charge is 0.382 e. The van der Waals surface area contributed by atoms with Crippen LogP contribution in [0.25, 0.3) is 0 Å². The first kappa shape index (κ1) is 12.5. The number of pyridine rings is 1. The molecule has 16 heavy (non-hydrogen) atoms. The molecule has 0 aromatic carbocycles. The summed E-state index contributed by atoms with van der Waals surface area (Å²) in [6.45, 7) is 5.86. The number of ketones is 1. The molecular formula is C12H18N2O2. The third-order valence-corrected chi connectivity index (χ3v) is 2.16. The summed E-state index contributed by atoms with van der Waals surface area (Å²) in [5.41, 5.74) is 0.555. The molecular weight excluding hydrogens is 204 g/mol. The molecule has 0 unspecified atom stereocenters. The van der Waals surface area contributed by atoms with Gasteiger partial charge in [-0.25, -0.2) is 0 Å². The normalized spacial score (nSPS) is 10.5. The van der Waals surface area contributed by atoms with Crippen LogP contribution < -0.4 is 10.9 Å². The minimum Gasteiger partial charge on any atom is -0.382 e. The second-order valence-electron chi connectivity index (χ2n) is 4.07. The molecule has 0 saturated heterocycles.